The monoisotopic (exact) mass is 204 g/mol. The van der Waals surface area contributed by atoms with Gasteiger partial charge in [0.05, 0.1) is 0 Å². The first-order valence-corrected chi connectivity index (χ1v) is 4.39. The maximum Gasteiger partial charge on any atom is 0.323 e. The molecule has 1 aromatic heterocycles. The third-order valence-electron chi connectivity index (χ3n) is 1.21. The lowest BCUT2D eigenvalue weighted by molar-refractivity contribution is 0.249. The molecule has 0 aliphatic carbocycles. The molecule has 66 valence electrons. The number of carbonyl (C=O) groups is 1. The second-order valence-corrected chi connectivity index (χ2v) is 3.66. The maximum absolute atomic E-state index is 11.1. The fraction of sp³-hybridized carbons (Fsp3) is 0.400. The molecule has 0 aromatic carbocycles. The average Bonchev–Trinajstić information content (AvgIpc) is 2.49. The first-order chi connectivity index (χ1) is 5.65. The number of thiol groups is 1. The first-order valence-electron chi connectivity index (χ1n) is 3.13. The molecule has 0 radical (unpaired) electrons. The fourth-order valence-corrected chi connectivity index (χ4v) is 1.43. The lowest BCUT2D eigenvalue weighted by Gasteiger charge is -2.10. The van der Waals surface area contributed by atoms with Gasteiger partial charge in [-0.3, -0.25) is 4.90 Å². The smallest absolute Gasteiger partial charge is 0.323 e. The van der Waals surface area contributed by atoms with Crippen LogP contribution in [-0.4, -0.2) is 30.3 Å². The van der Waals surface area contributed by atoms with Crippen LogP contribution in [-0.2, 0) is 0 Å². The van der Waals surface area contributed by atoms with Crippen molar-refractivity contribution < 1.29 is 4.79 Å². The van der Waals surface area contributed by atoms with Crippen molar-refractivity contribution >= 4 is 35.1 Å². The highest BCUT2D eigenvalue weighted by Gasteiger charge is 2.12. The lowest BCUT2D eigenvalue weighted by atomic mass is 10.8. The summed E-state index contributed by atoms with van der Waals surface area (Å²) in [6, 6.07) is -0.223. The summed E-state index contributed by atoms with van der Waals surface area (Å²) in [4.78, 5) is 12.4. The zero-order chi connectivity index (χ0) is 9.14. The Morgan fingerprint density at radius 1 is 1.67 bits per heavy atom. The molecule has 0 saturated heterocycles. The van der Waals surface area contributed by atoms with Crippen molar-refractivity contribution in [2.24, 2.45) is 0 Å². The standard InChI is InChI=1S/C5H8N4OS2/c1-6-3(10)9(2)4-7-8-5(11)12-4/h1-2H3,(H,6,10)(H,8,11). The van der Waals surface area contributed by atoms with Crippen molar-refractivity contribution in [3.8, 4) is 0 Å². The Kier molecular flexibility index (Phi) is 2.88. The number of urea groups is 1. The van der Waals surface area contributed by atoms with Gasteiger partial charge < -0.3 is 5.32 Å². The van der Waals surface area contributed by atoms with E-state index in [1.165, 1.54) is 16.2 Å². The molecule has 0 spiro atoms. The first kappa shape index (κ1) is 9.27. The summed E-state index contributed by atoms with van der Waals surface area (Å²) in [5, 5.41) is 10.4. The van der Waals surface area contributed by atoms with E-state index < -0.39 is 0 Å². The lowest BCUT2D eigenvalue weighted by Crippen LogP contribution is -2.34. The zero-order valence-electron chi connectivity index (χ0n) is 6.61. The molecule has 0 unspecified atom stereocenters. The van der Waals surface area contributed by atoms with Gasteiger partial charge in [-0.2, -0.15) is 0 Å². The van der Waals surface area contributed by atoms with Crippen molar-refractivity contribution in [3.05, 3.63) is 0 Å². The number of rotatable bonds is 1. The van der Waals surface area contributed by atoms with Crippen LogP contribution in [0.1, 0.15) is 0 Å². The summed E-state index contributed by atoms with van der Waals surface area (Å²) < 4.78 is 0.542. The highest BCUT2D eigenvalue weighted by Crippen LogP contribution is 2.20. The van der Waals surface area contributed by atoms with E-state index in [0.29, 0.717) is 9.47 Å². The SMILES string of the molecule is CNC(=O)N(C)c1nnc(S)s1. The van der Waals surface area contributed by atoms with Gasteiger partial charge in [-0.15, -0.1) is 22.8 Å². The number of aromatic nitrogens is 2. The van der Waals surface area contributed by atoms with Crippen LogP contribution in [0.25, 0.3) is 0 Å². The molecule has 0 fully saturated rings. The molecule has 5 nitrogen and oxygen atoms in total. The van der Waals surface area contributed by atoms with Crippen molar-refractivity contribution in [2.45, 2.75) is 4.34 Å². The molecule has 0 bridgehead atoms. The minimum Gasteiger partial charge on any atom is -0.341 e. The third-order valence-corrected chi connectivity index (χ3v) is 2.37. The van der Waals surface area contributed by atoms with Gasteiger partial charge in [0.15, 0.2) is 4.34 Å². The van der Waals surface area contributed by atoms with Gasteiger partial charge in [-0.05, 0) is 0 Å². The summed E-state index contributed by atoms with van der Waals surface area (Å²) in [5.74, 6) is 0. The molecule has 7 heteroatoms. The van der Waals surface area contributed by atoms with Gasteiger partial charge in [0, 0.05) is 14.1 Å². The Morgan fingerprint density at radius 3 is 2.75 bits per heavy atom. The van der Waals surface area contributed by atoms with Crippen LogP contribution in [0, 0.1) is 0 Å². The molecular weight excluding hydrogens is 196 g/mol. The van der Waals surface area contributed by atoms with Crippen molar-refractivity contribution in [2.75, 3.05) is 19.0 Å². The molecular formula is C5H8N4OS2. The summed E-state index contributed by atoms with van der Waals surface area (Å²) in [7, 11) is 3.17. The number of carbonyl (C=O) groups excluding carboxylic acids is 1. The Morgan fingerprint density at radius 2 is 2.33 bits per heavy atom. The molecule has 0 aliphatic rings. The molecule has 2 amide bonds. The number of nitrogens with zero attached hydrogens (tertiary/aromatic N) is 3. The number of amides is 2. The molecule has 1 heterocycles. The highest BCUT2D eigenvalue weighted by molar-refractivity contribution is 7.82. The van der Waals surface area contributed by atoms with E-state index in [2.05, 4.69) is 28.1 Å². The Labute approximate surface area is 79.2 Å². The van der Waals surface area contributed by atoms with E-state index in [4.69, 9.17) is 0 Å². The van der Waals surface area contributed by atoms with Crippen LogP contribution >= 0.6 is 24.0 Å². The molecule has 1 N–H and O–H groups in total. The normalized spacial score (nSPS) is 9.58. The van der Waals surface area contributed by atoms with E-state index in [1.807, 2.05) is 0 Å². The van der Waals surface area contributed by atoms with Crippen LogP contribution in [0.15, 0.2) is 4.34 Å². The number of nitrogens with one attached hydrogen (secondary N) is 1. The molecule has 0 saturated carbocycles. The summed E-state index contributed by atoms with van der Waals surface area (Å²) in [6.07, 6.45) is 0. The topological polar surface area (TPSA) is 58.1 Å². The van der Waals surface area contributed by atoms with Gasteiger partial charge in [-0.1, -0.05) is 11.3 Å². The third kappa shape index (κ3) is 1.86. The van der Waals surface area contributed by atoms with Gasteiger partial charge in [0.2, 0.25) is 5.13 Å². The maximum atomic E-state index is 11.1. The van der Waals surface area contributed by atoms with Crippen LogP contribution in [0.3, 0.4) is 0 Å². The Bertz CT molecular complexity index is 287. The molecule has 0 atom stereocenters. The van der Waals surface area contributed by atoms with Crippen LogP contribution in [0.4, 0.5) is 9.93 Å². The minimum absolute atomic E-state index is 0.223. The molecule has 12 heavy (non-hydrogen) atoms. The van der Waals surface area contributed by atoms with Crippen LogP contribution in [0.5, 0.6) is 0 Å². The molecule has 0 aliphatic heterocycles. The van der Waals surface area contributed by atoms with E-state index in [9.17, 15) is 4.79 Å². The number of anilines is 1. The van der Waals surface area contributed by atoms with Gasteiger partial charge >= 0.3 is 6.03 Å². The van der Waals surface area contributed by atoms with E-state index in [1.54, 1.807) is 14.1 Å². The van der Waals surface area contributed by atoms with Crippen LogP contribution < -0.4 is 10.2 Å². The summed E-state index contributed by atoms with van der Waals surface area (Å²) >= 11 is 5.23. The quantitative estimate of drug-likeness (QED) is 0.520. The average molecular weight is 204 g/mol. The number of hydrogen-bond acceptors (Lipinski definition) is 5. The zero-order valence-corrected chi connectivity index (χ0v) is 8.32. The second-order valence-electron chi connectivity index (χ2n) is 1.98. The Hall–Kier alpha value is -0.820. The van der Waals surface area contributed by atoms with Gasteiger partial charge in [0.1, 0.15) is 0 Å². The van der Waals surface area contributed by atoms with Crippen molar-refractivity contribution in [1.82, 2.24) is 15.5 Å². The fourth-order valence-electron chi connectivity index (χ4n) is 0.598. The molecule has 1 aromatic rings. The van der Waals surface area contributed by atoms with E-state index in [0.717, 1.165) is 0 Å². The van der Waals surface area contributed by atoms with Gasteiger partial charge in [0.25, 0.3) is 0 Å². The second kappa shape index (κ2) is 3.72. The van der Waals surface area contributed by atoms with E-state index in [-0.39, 0.29) is 6.03 Å². The van der Waals surface area contributed by atoms with Crippen molar-refractivity contribution in [1.29, 1.82) is 0 Å². The highest BCUT2D eigenvalue weighted by atomic mass is 32.2. The Balaban J connectivity index is 2.77. The summed E-state index contributed by atoms with van der Waals surface area (Å²) in [5.41, 5.74) is 0. The number of hydrogen-bond donors (Lipinski definition) is 2. The van der Waals surface area contributed by atoms with Crippen molar-refractivity contribution in [3.63, 3.8) is 0 Å². The van der Waals surface area contributed by atoms with Gasteiger partial charge in [-0.25, -0.2) is 4.79 Å². The molecule has 1 rings (SSSR count). The van der Waals surface area contributed by atoms with E-state index >= 15 is 0 Å². The predicted molar refractivity (Wildman–Crippen MR) is 50.0 cm³/mol. The minimum atomic E-state index is -0.223. The summed E-state index contributed by atoms with van der Waals surface area (Å²) in [6.45, 7) is 0. The largest absolute Gasteiger partial charge is 0.341 e. The van der Waals surface area contributed by atoms with Crippen LogP contribution in [0.2, 0.25) is 0 Å². The predicted octanol–water partition coefficient (Wildman–Crippen LogP) is 0.602.